The number of amides is 1. The Hall–Kier alpha value is -3.12. The summed E-state index contributed by atoms with van der Waals surface area (Å²) < 4.78 is 7.09. The number of benzene rings is 2. The van der Waals surface area contributed by atoms with E-state index in [4.69, 9.17) is 4.74 Å². The van der Waals surface area contributed by atoms with Gasteiger partial charge in [-0.2, -0.15) is 0 Å². The third-order valence-electron chi connectivity index (χ3n) is 4.11. The summed E-state index contributed by atoms with van der Waals surface area (Å²) in [6.45, 7) is 6.31. The number of hydrogen-bond donors (Lipinski definition) is 0. The van der Waals surface area contributed by atoms with Gasteiger partial charge < -0.3 is 9.94 Å². The van der Waals surface area contributed by atoms with Crippen LogP contribution in [0.1, 0.15) is 18.1 Å². The van der Waals surface area contributed by atoms with E-state index in [0.717, 1.165) is 20.4 Å². The molecule has 6 heteroatoms. The van der Waals surface area contributed by atoms with E-state index < -0.39 is 6.09 Å². The van der Waals surface area contributed by atoms with Gasteiger partial charge in [-0.1, -0.05) is 54.6 Å². The van der Waals surface area contributed by atoms with Gasteiger partial charge in [-0.15, -0.1) is 17.9 Å². The van der Waals surface area contributed by atoms with Gasteiger partial charge in [0.25, 0.3) is 0 Å². The molecular weight excluding hydrogens is 372 g/mol. The fourth-order valence-electron chi connectivity index (χ4n) is 2.90. The molecule has 0 atom stereocenters. The summed E-state index contributed by atoms with van der Waals surface area (Å²) >= 11 is 1.45. The summed E-state index contributed by atoms with van der Waals surface area (Å²) in [5.74, 6) is 0. The van der Waals surface area contributed by atoms with Gasteiger partial charge in [0, 0.05) is 22.2 Å². The molecule has 3 aromatic rings. The van der Waals surface area contributed by atoms with E-state index in [-0.39, 0.29) is 13.2 Å². The summed E-state index contributed by atoms with van der Waals surface area (Å²) in [6.07, 6.45) is 2.74. The van der Waals surface area contributed by atoms with Crippen LogP contribution in [-0.2, 0) is 11.3 Å². The predicted molar refractivity (Wildman–Crippen MR) is 115 cm³/mol. The molecule has 144 valence electrons. The molecule has 0 N–H and O–H groups in total. The first-order chi connectivity index (χ1) is 13.6. The minimum absolute atomic E-state index is 0.227. The summed E-state index contributed by atoms with van der Waals surface area (Å²) in [4.78, 5) is 14.0. The second-order valence-electron chi connectivity index (χ2n) is 6.11. The minimum Gasteiger partial charge on any atom is -0.624 e. The van der Waals surface area contributed by atoms with Crippen molar-refractivity contribution in [2.75, 3.05) is 18.1 Å². The number of carbonyl (C=O) groups is 1. The molecule has 2 aromatic carbocycles. The van der Waals surface area contributed by atoms with Crippen molar-refractivity contribution in [3.8, 4) is 0 Å². The molecular formula is C22H22N2O3S. The summed E-state index contributed by atoms with van der Waals surface area (Å²) in [5.41, 5.74) is 1.63. The molecule has 1 amide bonds. The Labute approximate surface area is 168 Å². The molecule has 1 heterocycles. The summed E-state index contributed by atoms with van der Waals surface area (Å²) in [6, 6.07) is 17.3. The van der Waals surface area contributed by atoms with Crippen molar-refractivity contribution >= 4 is 38.7 Å². The molecule has 0 unspecified atom stereocenters. The zero-order valence-corrected chi connectivity index (χ0v) is 16.5. The molecule has 5 nitrogen and oxygen atoms in total. The average Bonchev–Trinajstić information content (AvgIpc) is 3.05. The first kappa shape index (κ1) is 19.6. The number of anilines is 1. The maximum atomic E-state index is 12.7. The van der Waals surface area contributed by atoms with Gasteiger partial charge in [0.1, 0.15) is 5.00 Å². The number of thiophene rings is 1. The van der Waals surface area contributed by atoms with Gasteiger partial charge >= 0.3 is 6.09 Å². The number of nitrogens with zero attached hydrogens (tertiary/aromatic N) is 2. The maximum Gasteiger partial charge on any atom is 0.415 e. The number of hydroxylamine groups is 1. The fraction of sp³-hybridized carbons (Fsp3) is 0.182. The van der Waals surface area contributed by atoms with Crippen LogP contribution in [0.15, 0.2) is 67.3 Å². The monoisotopic (exact) mass is 394 g/mol. The molecule has 0 aliphatic rings. The predicted octanol–water partition coefficient (Wildman–Crippen LogP) is 5.18. The first-order valence-corrected chi connectivity index (χ1v) is 9.85. The lowest BCUT2D eigenvalue weighted by Gasteiger charge is -2.19. The second kappa shape index (κ2) is 9.19. The van der Waals surface area contributed by atoms with Crippen LogP contribution < -0.4 is 4.90 Å². The highest BCUT2D eigenvalue weighted by atomic mass is 32.1. The molecule has 0 bridgehead atoms. The molecule has 0 saturated carbocycles. The van der Waals surface area contributed by atoms with Crippen molar-refractivity contribution in [1.29, 1.82) is 0 Å². The molecule has 0 aliphatic heterocycles. The van der Waals surface area contributed by atoms with Crippen molar-refractivity contribution in [3.05, 3.63) is 83.6 Å². The van der Waals surface area contributed by atoms with Crippen LogP contribution in [0.5, 0.6) is 0 Å². The van der Waals surface area contributed by atoms with Crippen LogP contribution in [0.3, 0.4) is 0 Å². The molecule has 1 aromatic heterocycles. The maximum absolute atomic E-state index is 12.7. The van der Waals surface area contributed by atoms with Crippen LogP contribution in [0.2, 0.25) is 0 Å². The van der Waals surface area contributed by atoms with Gasteiger partial charge in [-0.25, -0.2) is 9.53 Å². The van der Waals surface area contributed by atoms with E-state index in [1.165, 1.54) is 16.2 Å². The highest BCUT2D eigenvalue weighted by molar-refractivity contribution is 7.23. The van der Waals surface area contributed by atoms with Crippen LogP contribution in [0.4, 0.5) is 9.80 Å². The van der Waals surface area contributed by atoms with Crippen molar-refractivity contribution < 1.29 is 14.3 Å². The van der Waals surface area contributed by atoms with Crippen LogP contribution >= 0.6 is 11.3 Å². The lowest BCUT2D eigenvalue weighted by Crippen LogP contribution is -2.31. The lowest BCUT2D eigenvalue weighted by molar-refractivity contribution is -0.469. The van der Waals surface area contributed by atoms with Gasteiger partial charge in [0.2, 0.25) is 0 Å². The number of rotatable bonds is 7. The minimum atomic E-state index is -0.455. The summed E-state index contributed by atoms with van der Waals surface area (Å²) in [5, 5.41) is 14.3. The Morgan fingerprint density at radius 2 is 1.93 bits per heavy atom. The lowest BCUT2D eigenvalue weighted by atomic mass is 10.1. The molecule has 0 aliphatic carbocycles. The van der Waals surface area contributed by atoms with Crippen LogP contribution in [-0.4, -0.2) is 30.2 Å². The van der Waals surface area contributed by atoms with Crippen LogP contribution in [0, 0.1) is 5.21 Å². The zero-order chi connectivity index (χ0) is 19.9. The average molecular weight is 394 g/mol. The van der Waals surface area contributed by atoms with E-state index in [1.807, 2.05) is 54.6 Å². The second-order valence-corrected chi connectivity index (χ2v) is 7.14. The third-order valence-corrected chi connectivity index (χ3v) is 5.32. The molecule has 0 radical (unpaired) electrons. The third kappa shape index (κ3) is 4.40. The highest BCUT2D eigenvalue weighted by Crippen LogP contribution is 2.37. The van der Waals surface area contributed by atoms with Crippen LogP contribution in [0.25, 0.3) is 10.1 Å². The van der Waals surface area contributed by atoms with E-state index in [1.54, 1.807) is 19.2 Å². The van der Waals surface area contributed by atoms with Crippen molar-refractivity contribution in [3.63, 3.8) is 0 Å². The van der Waals surface area contributed by atoms with Gasteiger partial charge in [-0.3, -0.25) is 4.90 Å². The van der Waals surface area contributed by atoms with Crippen molar-refractivity contribution in [2.45, 2.75) is 13.5 Å². The number of ether oxygens (including phenoxy) is 1. The number of hydrogen-bond acceptors (Lipinski definition) is 4. The van der Waals surface area contributed by atoms with Crippen molar-refractivity contribution in [1.82, 2.24) is 0 Å². The Morgan fingerprint density at radius 3 is 2.64 bits per heavy atom. The standard InChI is InChI=1S/C22H22N2O3S/c1-3-14-24(22(25)27-4-2)21-19(18-12-8-9-13-20(18)28-21)16-23(26)15-17-10-6-5-7-11-17/h3,5-13,16H,1,4,14-15H2,2H3/b23-16+. The van der Waals surface area contributed by atoms with E-state index in [2.05, 4.69) is 6.58 Å². The van der Waals surface area contributed by atoms with E-state index in [9.17, 15) is 10.0 Å². The topological polar surface area (TPSA) is 55.6 Å². The smallest absolute Gasteiger partial charge is 0.415 e. The first-order valence-electron chi connectivity index (χ1n) is 9.03. The van der Waals surface area contributed by atoms with Gasteiger partial charge in [0.05, 0.1) is 12.2 Å². The van der Waals surface area contributed by atoms with E-state index in [0.29, 0.717) is 17.1 Å². The van der Waals surface area contributed by atoms with E-state index >= 15 is 0 Å². The van der Waals surface area contributed by atoms with Gasteiger partial charge in [0.15, 0.2) is 12.8 Å². The summed E-state index contributed by atoms with van der Waals surface area (Å²) in [7, 11) is 0. The Balaban J connectivity index is 2.06. The normalized spacial score (nSPS) is 11.4. The molecule has 3 rings (SSSR count). The van der Waals surface area contributed by atoms with Crippen molar-refractivity contribution in [2.24, 2.45) is 0 Å². The number of carbonyl (C=O) groups excluding carboxylic acids is 1. The molecule has 28 heavy (non-hydrogen) atoms. The Morgan fingerprint density at radius 1 is 1.21 bits per heavy atom. The Bertz CT molecular complexity index is 995. The molecule has 0 spiro atoms. The molecule has 0 fully saturated rings. The quantitative estimate of drug-likeness (QED) is 0.182. The zero-order valence-electron chi connectivity index (χ0n) is 15.7. The SMILES string of the molecule is C=CCN(C(=O)OCC)c1sc2ccccc2c1/C=[N+](/[O-])Cc1ccccc1. The van der Waals surface area contributed by atoms with Gasteiger partial charge in [-0.05, 0) is 13.0 Å². The fourth-order valence-corrected chi connectivity index (χ4v) is 4.08. The number of fused-ring (bicyclic) bond motifs is 1. The highest BCUT2D eigenvalue weighted by Gasteiger charge is 2.24. The molecule has 0 saturated heterocycles. The largest absolute Gasteiger partial charge is 0.624 e. The Kier molecular flexibility index (Phi) is 6.45.